The van der Waals surface area contributed by atoms with Crippen molar-refractivity contribution in [1.82, 2.24) is 4.57 Å². The molecule has 0 bridgehead atoms. The first-order valence-electron chi connectivity index (χ1n) is 7.85. The van der Waals surface area contributed by atoms with Crippen molar-refractivity contribution in [2.75, 3.05) is 6.61 Å². The zero-order chi connectivity index (χ0) is 18.7. The molecule has 3 aromatic rings. The van der Waals surface area contributed by atoms with E-state index in [2.05, 4.69) is 11.6 Å². The van der Waals surface area contributed by atoms with E-state index in [-0.39, 0.29) is 12.5 Å². The van der Waals surface area contributed by atoms with Crippen molar-refractivity contribution >= 4 is 50.7 Å². The number of aromatic nitrogens is 1. The average Bonchev–Trinajstić information content (AvgIpc) is 2.96. The van der Waals surface area contributed by atoms with E-state index in [1.54, 1.807) is 30.3 Å². The number of benzene rings is 2. The van der Waals surface area contributed by atoms with Crippen LogP contribution in [-0.4, -0.2) is 17.1 Å². The summed E-state index contributed by atoms with van der Waals surface area (Å²) in [5, 5.41) is 1.29. The molecule has 0 saturated carbocycles. The summed E-state index contributed by atoms with van der Waals surface area (Å²) < 4.78 is 8.42. The topological polar surface area (TPSA) is 43.6 Å². The standard InChI is InChI=1S/C19H16Cl2N2O2S/c1-3-10-23-18-12(2)15(21)8-9-16(18)26-19(23)22-17(24)11-25-14-6-4-13(20)5-7-14/h3-9H,1,10-11H2,2H3. The van der Waals surface area contributed by atoms with Crippen molar-refractivity contribution in [1.29, 1.82) is 0 Å². The molecule has 1 amide bonds. The molecule has 0 aliphatic carbocycles. The minimum absolute atomic E-state index is 0.149. The van der Waals surface area contributed by atoms with E-state index < -0.39 is 0 Å². The van der Waals surface area contributed by atoms with Gasteiger partial charge in [-0.25, -0.2) is 0 Å². The van der Waals surface area contributed by atoms with Gasteiger partial charge in [-0.3, -0.25) is 4.79 Å². The van der Waals surface area contributed by atoms with Crippen molar-refractivity contribution in [3.8, 4) is 5.75 Å². The van der Waals surface area contributed by atoms with Gasteiger partial charge in [0.1, 0.15) is 5.75 Å². The number of carbonyl (C=O) groups is 1. The number of nitrogens with zero attached hydrogens (tertiary/aromatic N) is 2. The zero-order valence-corrected chi connectivity index (χ0v) is 16.4. The van der Waals surface area contributed by atoms with E-state index in [4.69, 9.17) is 27.9 Å². The maximum absolute atomic E-state index is 12.3. The summed E-state index contributed by atoms with van der Waals surface area (Å²) in [7, 11) is 0. The smallest absolute Gasteiger partial charge is 0.286 e. The van der Waals surface area contributed by atoms with Crippen molar-refractivity contribution in [3.05, 3.63) is 69.5 Å². The lowest BCUT2D eigenvalue weighted by atomic mass is 10.2. The first-order valence-corrected chi connectivity index (χ1v) is 9.42. The molecule has 0 saturated heterocycles. The van der Waals surface area contributed by atoms with Gasteiger partial charge in [0.25, 0.3) is 5.91 Å². The van der Waals surface area contributed by atoms with Gasteiger partial charge >= 0.3 is 0 Å². The van der Waals surface area contributed by atoms with Gasteiger partial charge in [-0.1, -0.05) is 40.6 Å². The molecule has 0 unspecified atom stereocenters. The van der Waals surface area contributed by atoms with Crippen LogP contribution in [0.15, 0.2) is 54.0 Å². The highest BCUT2D eigenvalue weighted by atomic mass is 35.5. The van der Waals surface area contributed by atoms with Crippen molar-refractivity contribution in [3.63, 3.8) is 0 Å². The second kappa shape index (κ2) is 8.08. The summed E-state index contributed by atoms with van der Waals surface area (Å²) in [4.78, 5) is 17.1. The second-order valence-corrected chi connectivity index (χ2v) is 7.40. The fraction of sp³-hybridized carbons (Fsp3) is 0.158. The number of amides is 1. The number of halogens is 2. The maximum atomic E-state index is 12.3. The number of ether oxygens (including phenoxy) is 1. The van der Waals surface area contributed by atoms with Crippen LogP contribution in [0, 0.1) is 6.92 Å². The molecule has 3 rings (SSSR count). The summed E-state index contributed by atoms with van der Waals surface area (Å²) in [5.74, 6) is 0.198. The molecule has 4 nitrogen and oxygen atoms in total. The fourth-order valence-electron chi connectivity index (χ4n) is 2.51. The summed E-state index contributed by atoms with van der Waals surface area (Å²) in [6.45, 7) is 6.12. The molecule has 0 atom stereocenters. The van der Waals surface area contributed by atoms with E-state index >= 15 is 0 Å². The van der Waals surface area contributed by atoms with Crippen LogP contribution in [0.25, 0.3) is 10.2 Å². The lowest BCUT2D eigenvalue weighted by Gasteiger charge is -2.05. The van der Waals surface area contributed by atoms with Crippen LogP contribution in [0.5, 0.6) is 5.75 Å². The summed E-state index contributed by atoms with van der Waals surface area (Å²) in [6, 6.07) is 10.6. The first-order chi connectivity index (χ1) is 12.5. The number of hydrogen-bond acceptors (Lipinski definition) is 3. The number of aryl methyl sites for hydroxylation is 1. The molecule has 26 heavy (non-hydrogen) atoms. The normalized spacial score (nSPS) is 11.7. The SMILES string of the molecule is C=CCn1c(=NC(=O)COc2ccc(Cl)cc2)sc2ccc(Cl)c(C)c21. The zero-order valence-electron chi connectivity index (χ0n) is 14.0. The summed E-state index contributed by atoms with van der Waals surface area (Å²) >= 11 is 13.5. The molecule has 0 aliphatic heterocycles. The summed E-state index contributed by atoms with van der Waals surface area (Å²) in [6.07, 6.45) is 1.76. The highest BCUT2D eigenvalue weighted by molar-refractivity contribution is 7.16. The van der Waals surface area contributed by atoms with Crippen LogP contribution in [0.3, 0.4) is 0 Å². The number of thiazole rings is 1. The van der Waals surface area contributed by atoms with Crippen LogP contribution >= 0.6 is 34.5 Å². The van der Waals surface area contributed by atoms with Gasteiger partial charge in [0.05, 0.1) is 10.2 Å². The van der Waals surface area contributed by atoms with E-state index in [1.807, 2.05) is 23.6 Å². The minimum Gasteiger partial charge on any atom is -0.484 e. The molecular weight excluding hydrogens is 391 g/mol. The Kier molecular flexibility index (Phi) is 5.81. The average molecular weight is 407 g/mol. The highest BCUT2D eigenvalue weighted by Crippen LogP contribution is 2.27. The van der Waals surface area contributed by atoms with Gasteiger partial charge in [0, 0.05) is 16.6 Å². The Labute approximate surface area is 165 Å². The maximum Gasteiger partial charge on any atom is 0.286 e. The van der Waals surface area contributed by atoms with E-state index in [9.17, 15) is 4.79 Å². The highest BCUT2D eigenvalue weighted by Gasteiger charge is 2.11. The molecule has 2 aromatic carbocycles. The number of fused-ring (bicyclic) bond motifs is 1. The number of rotatable bonds is 5. The molecule has 0 radical (unpaired) electrons. The van der Waals surface area contributed by atoms with Crippen LogP contribution in [0.2, 0.25) is 10.0 Å². The monoisotopic (exact) mass is 406 g/mol. The Hall–Kier alpha value is -2.08. The molecule has 0 spiro atoms. The lowest BCUT2D eigenvalue weighted by molar-refractivity contribution is -0.120. The molecule has 0 aliphatic rings. The fourth-order valence-corrected chi connectivity index (χ4v) is 3.91. The third-order valence-electron chi connectivity index (χ3n) is 3.74. The van der Waals surface area contributed by atoms with Gasteiger partial charge in [-0.15, -0.1) is 6.58 Å². The van der Waals surface area contributed by atoms with Crippen molar-refractivity contribution < 1.29 is 9.53 Å². The number of hydrogen-bond donors (Lipinski definition) is 0. The Bertz CT molecular complexity index is 1040. The molecule has 134 valence electrons. The number of carbonyl (C=O) groups excluding carboxylic acids is 1. The molecule has 7 heteroatoms. The third kappa shape index (κ3) is 4.01. The second-order valence-electron chi connectivity index (χ2n) is 5.55. The van der Waals surface area contributed by atoms with E-state index in [1.165, 1.54) is 11.3 Å². The lowest BCUT2D eigenvalue weighted by Crippen LogP contribution is -2.19. The predicted molar refractivity (Wildman–Crippen MR) is 107 cm³/mol. The quantitative estimate of drug-likeness (QED) is 0.558. The van der Waals surface area contributed by atoms with Crippen LogP contribution in [0.4, 0.5) is 0 Å². The van der Waals surface area contributed by atoms with Crippen molar-refractivity contribution in [2.45, 2.75) is 13.5 Å². The van der Waals surface area contributed by atoms with Crippen LogP contribution in [-0.2, 0) is 11.3 Å². The molecule has 0 fully saturated rings. The molecule has 0 N–H and O–H groups in total. The Morgan fingerprint density at radius 1 is 1.27 bits per heavy atom. The van der Waals surface area contributed by atoms with E-state index in [0.717, 1.165) is 15.8 Å². The van der Waals surface area contributed by atoms with Crippen LogP contribution in [0.1, 0.15) is 5.56 Å². The van der Waals surface area contributed by atoms with Gasteiger partial charge in [0.2, 0.25) is 0 Å². The van der Waals surface area contributed by atoms with E-state index in [0.29, 0.717) is 27.1 Å². The van der Waals surface area contributed by atoms with Gasteiger partial charge < -0.3 is 9.30 Å². The van der Waals surface area contributed by atoms with Gasteiger partial charge in [-0.05, 0) is 48.9 Å². The molecule has 1 aromatic heterocycles. The minimum atomic E-state index is -0.368. The van der Waals surface area contributed by atoms with Crippen molar-refractivity contribution in [2.24, 2.45) is 4.99 Å². The Morgan fingerprint density at radius 2 is 2.00 bits per heavy atom. The van der Waals surface area contributed by atoms with Gasteiger partial charge in [0.15, 0.2) is 11.4 Å². The first kappa shape index (κ1) is 18.7. The van der Waals surface area contributed by atoms with Crippen LogP contribution < -0.4 is 9.54 Å². The Morgan fingerprint density at radius 3 is 2.69 bits per heavy atom. The number of allylic oxidation sites excluding steroid dienone is 1. The third-order valence-corrected chi connectivity index (χ3v) is 5.44. The summed E-state index contributed by atoms with van der Waals surface area (Å²) in [5.41, 5.74) is 1.92. The largest absolute Gasteiger partial charge is 0.484 e. The molecular formula is C19H16Cl2N2O2S. The predicted octanol–water partition coefficient (Wildman–Crippen LogP) is 5.01. The Balaban J connectivity index is 1.91. The molecule has 1 heterocycles. The van der Waals surface area contributed by atoms with Gasteiger partial charge in [-0.2, -0.15) is 4.99 Å².